The van der Waals surface area contributed by atoms with Crippen LogP contribution in [0.2, 0.25) is 0 Å². The lowest BCUT2D eigenvalue weighted by Crippen LogP contribution is -2.04. The highest BCUT2D eigenvalue weighted by Crippen LogP contribution is 2.30. The second kappa shape index (κ2) is 8.75. The third-order valence-electron chi connectivity index (χ3n) is 4.99. The summed E-state index contributed by atoms with van der Waals surface area (Å²) >= 11 is 0. The van der Waals surface area contributed by atoms with E-state index in [9.17, 15) is 4.79 Å². The molecule has 3 rings (SSSR count). The Bertz CT molecular complexity index is 753. The molecule has 0 unspecified atom stereocenters. The second-order valence-electron chi connectivity index (χ2n) is 6.90. The van der Waals surface area contributed by atoms with Crippen molar-refractivity contribution < 1.29 is 14.3 Å². The van der Waals surface area contributed by atoms with Crippen molar-refractivity contribution in [3.8, 4) is 5.75 Å². The molecule has 4 heteroatoms. The van der Waals surface area contributed by atoms with Gasteiger partial charge in [-0.15, -0.1) is 0 Å². The minimum atomic E-state index is -0.334. The van der Waals surface area contributed by atoms with E-state index >= 15 is 0 Å². The van der Waals surface area contributed by atoms with Crippen LogP contribution in [-0.2, 0) is 24.2 Å². The summed E-state index contributed by atoms with van der Waals surface area (Å²) in [6.45, 7) is 0.421. The van der Waals surface area contributed by atoms with Crippen LogP contribution >= 0.6 is 0 Å². The molecule has 2 aromatic carbocycles. The van der Waals surface area contributed by atoms with Crippen molar-refractivity contribution in [3.05, 3.63) is 58.7 Å². The lowest BCUT2D eigenvalue weighted by Gasteiger charge is -2.15. The van der Waals surface area contributed by atoms with Crippen LogP contribution in [0.3, 0.4) is 0 Å². The number of benzene rings is 2. The van der Waals surface area contributed by atoms with Crippen LogP contribution in [0.5, 0.6) is 5.75 Å². The molecule has 0 fully saturated rings. The lowest BCUT2D eigenvalue weighted by molar-refractivity contribution is 0.0600. The SMILES string of the molecule is COC(=O)c1ccc(COc2cc3c(cc2N)CCCCCCC3)cc1. The Kier molecular flexibility index (Phi) is 6.16. The van der Waals surface area contributed by atoms with Crippen LogP contribution in [0.15, 0.2) is 36.4 Å². The van der Waals surface area contributed by atoms with E-state index in [1.165, 1.54) is 50.3 Å². The number of nitrogens with two attached hydrogens (primary N) is 1. The quantitative estimate of drug-likeness (QED) is 0.640. The zero-order valence-corrected chi connectivity index (χ0v) is 15.4. The number of hydrogen-bond donors (Lipinski definition) is 1. The lowest BCUT2D eigenvalue weighted by atomic mass is 9.98. The minimum Gasteiger partial charge on any atom is -0.487 e. The van der Waals surface area contributed by atoms with Crippen LogP contribution in [-0.4, -0.2) is 13.1 Å². The molecule has 0 saturated carbocycles. The summed E-state index contributed by atoms with van der Waals surface area (Å²) in [5.41, 5.74) is 11.2. The molecule has 0 aromatic heterocycles. The molecular weight excluding hydrogens is 326 g/mol. The van der Waals surface area contributed by atoms with Crippen molar-refractivity contribution in [1.29, 1.82) is 0 Å². The summed E-state index contributed by atoms with van der Waals surface area (Å²) in [4.78, 5) is 11.5. The molecule has 2 N–H and O–H groups in total. The molecular formula is C22H27NO3. The number of anilines is 1. The third kappa shape index (κ3) is 4.57. The summed E-state index contributed by atoms with van der Waals surface area (Å²) in [6, 6.07) is 11.5. The van der Waals surface area contributed by atoms with Gasteiger partial charge in [-0.05, 0) is 66.6 Å². The van der Waals surface area contributed by atoms with Gasteiger partial charge in [-0.1, -0.05) is 31.4 Å². The zero-order valence-electron chi connectivity index (χ0n) is 15.4. The van der Waals surface area contributed by atoms with Crippen molar-refractivity contribution in [1.82, 2.24) is 0 Å². The van der Waals surface area contributed by atoms with Crippen molar-refractivity contribution in [2.45, 2.75) is 51.6 Å². The van der Waals surface area contributed by atoms with Crippen LogP contribution in [0.25, 0.3) is 0 Å². The summed E-state index contributed by atoms with van der Waals surface area (Å²) < 4.78 is 10.7. The van der Waals surface area contributed by atoms with E-state index in [4.69, 9.17) is 15.2 Å². The van der Waals surface area contributed by atoms with E-state index in [0.717, 1.165) is 24.2 Å². The average molecular weight is 353 g/mol. The molecule has 0 saturated heterocycles. The van der Waals surface area contributed by atoms with Gasteiger partial charge in [0.15, 0.2) is 0 Å². The van der Waals surface area contributed by atoms with E-state index in [0.29, 0.717) is 17.9 Å². The fourth-order valence-electron chi connectivity index (χ4n) is 3.45. The van der Waals surface area contributed by atoms with Gasteiger partial charge >= 0.3 is 5.97 Å². The number of esters is 1. The molecule has 1 aliphatic rings. The predicted molar refractivity (Wildman–Crippen MR) is 103 cm³/mol. The zero-order chi connectivity index (χ0) is 18.4. The van der Waals surface area contributed by atoms with E-state index in [-0.39, 0.29) is 5.97 Å². The molecule has 0 bridgehead atoms. The number of rotatable bonds is 4. The molecule has 0 heterocycles. The average Bonchev–Trinajstić information content (AvgIpc) is 2.78. The molecule has 0 aliphatic heterocycles. The van der Waals surface area contributed by atoms with Crippen molar-refractivity contribution in [2.75, 3.05) is 12.8 Å². The number of fused-ring (bicyclic) bond motifs is 1. The number of carbonyl (C=O) groups is 1. The van der Waals surface area contributed by atoms with Gasteiger partial charge in [-0.3, -0.25) is 0 Å². The highest BCUT2D eigenvalue weighted by atomic mass is 16.5. The molecule has 1 aliphatic carbocycles. The number of aryl methyl sites for hydroxylation is 2. The monoisotopic (exact) mass is 353 g/mol. The smallest absolute Gasteiger partial charge is 0.337 e. The normalized spacial score (nSPS) is 14.5. The number of nitrogen functional groups attached to an aromatic ring is 1. The van der Waals surface area contributed by atoms with Gasteiger partial charge in [0.25, 0.3) is 0 Å². The van der Waals surface area contributed by atoms with Crippen LogP contribution in [0, 0.1) is 0 Å². The largest absolute Gasteiger partial charge is 0.487 e. The fraction of sp³-hybridized carbons (Fsp3) is 0.409. The van der Waals surface area contributed by atoms with Crippen molar-refractivity contribution in [3.63, 3.8) is 0 Å². The maximum atomic E-state index is 11.5. The molecule has 4 nitrogen and oxygen atoms in total. The number of ether oxygens (including phenoxy) is 2. The second-order valence-corrected chi connectivity index (χ2v) is 6.90. The Morgan fingerprint density at radius 2 is 1.58 bits per heavy atom. The standard InChI is InChI=1S/C22H27NO3/c1-25-22(24)17-11-9-16(10-12-17)15-26-21-14-19-8-6-4-2-3-5-7-18(19)13-20(21)23/h9-14H,2-8,15,23H2,1H3. The molecule has 0 radical (unpaired) electrons. The Morgan fingerprint density at radius 3 is 2.23 bits per heavy atom. The Morgan fingerprint density at radius 1 is 0.962 bits per heavy atom. The highest BCUT2D eigenvalue weighted by Gasteiger charge is 2.11. The van der Waals surface area contributed by atoms with Gasteiger partial charge in [-0.25, -0.2) is 4.79 Å². The summed E-state index contributed by atoms with van der Waals surface area (Å²) in [6.07, 6.45) is 8.60. The van der Waals surface area contributed by atoms with Crippen LogP contribution in [0.1, 0.15) is 59.2 Å². The number of hydrogen-bond acceptors (Lipinski definition) is 4. The molecule has 138 valence electrons. The van der Waals surface area contributed by atoms with Gasteiger partial charge in [0.2, 0.25) is 0 Å². The van der Waals surface area contributed by atoms with E-state index in [1.54, 1.807) is 12.1 Å². The van der Waals surface area contributed by atoms with Crippen molar-refractivity contribution >= 4 is 11.7 Å². The first kappa shape index (κ1) is 18.3. The molecule has 2 aromatic rings. The Labute approximate surface area is 155 Å². The molecule has 26 heavy (non-hydrogen) atoms. The molecule has 0 spiro atoms. The maximum Gasteiger partial charge on any atom is 0.337 e. The number of carbonyl (C=O) groups excluding carboxylic acids is 1. The van der Waals surface area contributed by atoms with Gasteiger partial charge in [0.1, 0.15) is 12.4 Å². The van der Waals surface area contributed by atoms with Gasteiger partial charge < -0.3 is 15.2 Å². The van der Waals surface area contributed by atoms with Crippen LogP contribution in [0.4, 0.5) is 5.69 Å². The molecule has 0 atom stereocenters. The van der Waals surface area contributed by atoms with Gasteiger partial charge in [0, 0.05) is 0 Å². The minimum absolute atomic E-state index is 0.334. The fourth-order valence-corrected chi connectivity index (χ4v) is 3.45. The van der Waals surface area contributed by atoms with Crippen LogP contribution < -0.4 is 10.5 Å². The summed E-state index contributed by atoms with van der Waals surface area (Å²) in [5.74, 6) is 0.416. The highest BCUT2D eigenvalue weighted by molar-refractivity contribution is 5.89. The van der Waals surface area contributed by atoms with E-state index in [1.807, 2.05) is 12.1 Å². The van der Waals surface area contributed by atoms with E-state index in [2.05, 4.69) is 12.1 Å². The third-order valence-corrected chi connectivity index (χ3v) is 4.99. The first-order valence-electron chi connectivity index (χ1n) is 9.38. The summed E-state index contributed by atoms with van der Waals surface area (Å²) in [7, 11) is 1.38. The number of methoxy groups -OCH3 is 1. The van der Waals surface area contributed by atoms with Gasteiger partial charge in [0.05, 0.1) is 18.4 Å². The first-order chi connectivity index (χ1) is 12.7. The Hall–Kier alpha value is -2.49. The molecule has 0 amide bonds. The topological polar surface area (TPSA) is 61.5 Å². The summed E-state index contributed by atoms with van der Waals surface area (Å²) in [5, 5.41) is 0. The van der Waals surface area contributed by atoms with Gasteiger partial charge in [-0.2, -0.15) is 0 Å². The Balaban J connectivity index is 1.70. The predicted octanol–water partition coefficient (Wildman–Crippen LogP) is 4.68. The maximum absolute atomic E-state index is 11.5. The first-order valence-corrected chi connectivity index (χ1v) is 9.38. The van der Waals surface area contributed by atoms with Crippen molar-refractivity contribution in [2.24, 2.45) is 0 Å². The van der Waals surface area contributed by atoms with E-state index < -0.39 is 0 Å².